The number of rotatable bonds is 0. The van der Waals surface area contributed by atoms with Crippen molar-refractivity contribution in [1.82, 2.24) is 0 Å². The summed E-state index contributed by atoms with van der Waals surface area (Å²) in [6.07, 6.45) is 0. The molecule has 0 saturated carbocycles. The van der Waals surface area contributed by atoms with E-state index in [0.29, 0.717) is 0 Å². The molecule has 0 rings (SSSR count). The molecule has 0 aromatic rings. The summed E-state index contributed by atoms with van der Waals surface area (Å²) in [4.78, 5) is 0. The quantitative estimate of drug-likeness (QED) is 0.227. The molecule has 0 saturated heterocycles. The summed E-state index contributed by atoms with van der Waals surface area (Å²) in [5, 5.41) is 0. The van der Waals surface area contributed by atoms with E-state index in [2.05, 4.69) is 0 Å². The molecular weight excluding hydrogens is 961 g/mol. The SMILES string of the molecule is C.C.C.C.C.C.C.C.C.C.C.C.C.C.C.C.C.C.C.C.C.C.C.C.C.C.C.C.C.C.C.C.C.C.C.C.C.C.C.C.C.C.C.C.C.C.C.C.C.C.C.C.C.C.C.C.C.C.C.C.C.C.C.C.C.C.C.C.C.C.C.C.C.C.C.C.C.C.C.C.[3HH].[3HH].[3HH].[3HH].[3HH].[3HH].[3HH].[3HH].[3HH].[3HH].[3HH].[3HH].[3HH].[3HH].[3HH].[3HH]. The van der Waals surface area contributed by atoms with E-state index < -0.39 is 0 Å². The van der Waals surface area contributed by atoms with Crippen molar-refractivity contribution in [3.05, 3.63) is 0 Å². The predicted octanol–water partition coefficient (Wildman–Crippen LogP) is 54.8. The molecule has 0 aromatic heterocycles. The van der Waals surface area contributed by atoms with E-state index in [9.17, 15) is 0 Å². The first-order valence-corrected chi connectivity index (χ1v) is 0. The van der Waals surface area contributed by atoms with Gasteiger partial charge < -0.3 is 0 Å². The Hall–Kier alpha value is 0. The fourth-order valence-electron chi connectivity index (χ4n) is 0. The Morgan fingerprint density at radius 3 is 0.0250 bits per heavy atom. The second-order valence-corrected chi connectivity index (χ2v) is 0. The Morgan fingerprint density at radius 2 is 0.0250 bits per heavy atom. The Kier molecular flexibility index (Phi) is 0. The average molecular weight is 1350 g/mol. The van der Waals surface area contributed by atoms with Crippen LogP contribution in [0.4, 0.5) is 0 Å². The first-order chi connectivity index (χ1) is 0. The molecule has 0 aliphatic heterocycles. The molecule has 672 valence electrons. The van der Waals surface area contributed by atoms with Crippen LogP contribution in [0.25, 0.3) is 0 Å². The lowest BCUT2D eigenvalue weighted by atomic mass is 12.0. The van der Waals surface area contributed by atoms with Crippen molar-refractivity contribution in [2.24, 2.45) is 0 Å². The van der Waals surface area contributed by atoms with E-state index >= 15 is 0 Å². The van der Waals surface area contributed by atoms with Crippen molar-refractivity contribution in [3.8, 4) is 0 Å². The van der Waals surface area contributed by atoms with Crippen molar-refractivity contribution < 1.29 is 22.8 Å². The van der Waals surface area contributed by atoms with E-state index in [1.54, 1.807) is 0 Å². The minimum absolute atomic E-state index is 0. The van der Waals surface area contributed by atoms with Crippen LogP contribution < -0.4 is 0 Å². The molecule has 0 heterocycles. The fourth-order valence-corrected chi connectivity index (χ4v) is 0. The van der Waals surface area contributed by atoms with Gasteiger partial charge in [0.1, 0.15) is 0 Å². The van der Waals surface area contributed by atoms with Crippen LogP contribution in [-0.4, -0.2) is 0 Å². The van der Waals surface area contributed by atoms with Gasteiger partial charge >= 0.3 is 0 Å². The van der Waals surface area contributed by atoms with Crippen LogP contribution in [0.3, 0.4) is 0 Å². The molecule has 0 spiro atoms. The maximum atomic E-state index is 0. The predicted molar refractivity (Wildman–Crippen MR) is 572 cm³/mol. The maximum Gasteiger partial charge on any atom is 0 e. The summed E-state index contributed by atoms with van der Waals surface area (Å²) in [5.74, 6) is 0. The largest absolute Gasteiger partial charge is 0.0776 e. The minimum atomic E-state index is 0. The smallest absolute Gasteiger partial charge is 0 e. The zero-order valence-electron chi connectivity index (χ0n) is 0. The third-order valence-corrected chi connectivity index (χ3v) is 0. The average Bonchev–Trinajstić information content (AvgIpc) is 0. The molecule has 0 fully saturated rings. The highest BCUT2D eigenvalue weighted by molar-refractivity contribution is 2.58. The zero-order valence-corrected chi connectivity index (χ0v) is 0. The van der Waals surface area contributed by atoms with Crippen molar-refractivity contribution in [1.29, 1.82) is 0 Å². The van der Waals surface area contributed by atoms with Crippen LogP contribution in [0.15, 0.2) is 0 Å². The normalized spacial score (nSPS) is 0. The molecule has 0 amide bonds. The number of hydrogen-bond acceptors (Lipinski definition) is 0. The summed E-state index contributed by atoms with van der Waals surface area (Å²) < 4.78 is 0. The minimum Gasteiger partial charge on any atom is -0.0776 e. The van der Waals surface area contributed by atoms with Crippen LogP contribution in [0.1, 0.15) is 617 Å². The second-order valence-electron chi connectivity index (χ2n) is 0. The second kappa shape index (κ2) is 0. The molecular formula is C80H352. The first kappa shape index (κ1) is 0. The monoisotopic (exact) mass is 1350 g/mol. The van der Waals surface area contributed by atoms with E-state index in [4.69, 9.17) is 0 Å². The van der Waals surface area contributed by atoms with Gasteiger partial charge in [-0.25, -0.2) is 0 Å². The standard InChI is InChI=1S/80CH4.16H2/h80*1H4;16*1H/i;;;;;;;;;;;;;;;;;;;;;;;;;;;;;;;;;;;;;;;;;;;;;;;;;;;;;;;;;;;;;;;;;;;;;;;;;;;;;;;;16*1+2. The topological polar surface area (TPSA) is 0 Å². The molecule has 0 atom stereocenters. The van der Waals surface area contributed by atoms with Crippen molar-refractivity contribution in [2.75, 3.05) is 0 Å². The van der Waals surface area contributed by atoms with Gasteiger partial charge in [-0.15, -0.1) is 0 Å². The van der Waals surface area contributed by atoms with Crippen LogP contribution in [0, 0.1) is 0 Å². The van der Waals surface area contributed by atoms with Gasteiger partial charge in [0.25, 0.3) is 0 Å². The zero-order chi connectivity index (χ0) is 0. The summed E-state index contributed by atoms with van der Waals surface area (Å²) >= 11 is 0. The lowest BCUT2D eigenvalue weighted by Gasteiger charge is -0.0786. The van der Waals surface area contributed by atoms with E-state index in [1.165, 1.54) is 0 Å². The molecule has 0 heteroatoms. The molecule has 80 heavy (non-hydrogen) atoms. The van der Waals surface area contributed by atoms with Gasteiger partial charge in [-0.3, -0.25) is 0 Å². The number of hydrogen-bond donors (Lipinski definition) is 0. The molecule has 0 bridgehead atoms. The van der Waals surface area contributed by atoms with Crippen molar-refractivity contribution in [2.45, 2.75) is 594 Å². The van der Waals surface area contributed by atoms with Crippen LogP contribution in [0.2, 0.25) is 0 Å². The van der Waals surface area contributed by atoms with Gasteiger partial charge in [-0.2, -0.15) is 0 Å². The summed E-state index contributed by atoms with van der Waals surface area (Å²) in [5.41, 5.74) is 0. The molecule has 0 nitrogen and oxygen atoms in total. The molecule has 0 aromatic carbocycles. The van der Waals surface area contributed by atoms with Gasteiger partial charge in [0.2, 0.25) is 0 Å². The van der Waals surface area contributed by atoms with Gasteiger partial charge in [0.05, 0.1) is 0 Å². The highest BCUT2D eigenvalue weighted by Gasteiger charge is 0.00144. The molecule has 0 radical (unpaired) electrons. The third-order valence-electron chi connectivity index (χ3n) is 0. The molecule has 0 aliphatic rings. The highest BCUT2D eigenvalue weighted by Crippen LogP contribution is 0.223. The Morgan fingerprint density at radius 1 is 0.0250 bits per heavy atom. The molecule has 0 aliphatic carbocycles. The lowest BCUT2D eigenvalue weighted by molar-refractivity contribution is 2.50. The van der Waals surface area contributed by atoms with Crippen molar-refractivity contribution in [3.63, 3.8) is 0 Å². The van der Waals surface area contributed by atoms with Crippen LogP contribution >= 0.6 is 0 Å². The summed E-state index contributed by atoms with van der Waals surface area (Å²) in [6.45, 7) is 0. The highest BCUT2D eigenvalue weighted by atomic mass is 12.1. The van der Waals surface area contributed by atoms with Crippen LogP contribution in [0.5, 0.6) is 0 Å². The lowest BCUT2D eigenvalue weighted by Crippen LogP contribution is 0.143. The summed E-state index contributed by atoms with van der Waals surface area (Å²) in [7, 11) is 0. The van der Waals surface area contributed by atoms with Gasteiger partial charge in [0, 0.05) is 22.8 Å². The Balaban J connectivity index is 0. The van der Waals surface area contributed by atoms with Gasteiger partial charge in [0.15, 0.2) is 0 Å². The maximum absolute atomic E-state index is 0. The van der Waals surface area contributed by atoms with Crippen molar-refractivity contribution >= 4 is 0 Å². The van der Waals surface area contributed by atoms with Gasteiger partial charge in [-0.05, 0) is 0 Å². The van der Waals surface area contributed by atoms with Gasteiger partial charge in [-0.1, -0.05) is 594 Å². The first-order valence-electron chi connectivity index (χ1n) is 0. The third kappa shape index (κ3) is 0. The summed E-state index contributed by atoms with van der Waals surface area (Å²) in [6, 6.07) is 0. The molecule has 0 unspecified atom stereocenters. The fraction of sp³-hybridized carbons (Fsp3) is 1.00. The van der Waals surface area contributed by atoms with Crippen LogP contribution in [-0.2, 0) is 0 Å². The van der Waals surface area contributed by atoms with E-state index in [-0.39, 0.29) is 617 Å². The van der Waals surface area contributed by atoms with E-state index in [1.807, 2.05) is 0 Å². The Bertz CT molecular complexity index is 62.4. The molecule has 0 N–H and O–H groups in total. The Labute approximate surface area is 615 Å². The van der Waals surface area contributed by atoms with E-state index in [0.717, 1.165) is 0 Å².